The summed E-state index contributed by atoms with van der Waals surface area (Å²) in [5.41, 5.74) is 1.26. The third-order valence-corrected chi connectivity index (χ3v) is 5.94. The molecule has 0 spiro atoms. The summed E-state index contributed by atoms with van der Waals surface area (Å²) in [5, 5.41) is 3.49. The highest BCUT2D eigenvalue weighted by Crippen LogP contribution is 2.34. The highest BCUT2D eigenvalue weighted by molar-refractivity contribution is 14.0. The molecule has 1 N–H and O–H groups in total. The molecular formula is C25H34IN3O2. The zero-order valence-electron chi connectivity index (χ0n) is 18.3. The predicted octanol–water partition coefficient (Wildman–Crippen LogP) is 4.89. The maximum atomic E-state index is 6.14. The summed E-state index contributed by atoms with van der Waals surface area (Å²) in [6.07, 6.45) is 3.52. The number of likely N-dealkylation sites (tertiary alicyclic amines) is 1. The Balaban J connectivity index is 0.00000272. The zero-order chi connectivity index (χ0) is 20.6. The number of piperidine rings is 1. The molecule has 31 heavy (non-hydrogen) atoms. The molecule has 0 aromatic heterocycles. The van der Waals surface area contributed by atoms with Gasteiger partial charge in [0.1, 0.15) is 11.9 Å². The maximum absolute atomic E-state index is 6.14. The second-order valence-electron chi connectivity index (χ2n) is 8.06. The van der Waals surface area contributed by atoms with Gasteiger partial charge in [-0.05, 0) is 31.0 Å². The van der Waals surface area contributed by atoms with Crippen LogP contribution in [0, 0.1) is 5.92 Å². The first-order chi connectivity index (χ1) is 14.8. The van der Waals surface area contributed by atoms with Gasteiger partial charge in [-0.1, -0.05) is 48.5 Å². The van der Waals surface area contributed by atoms with E-state index < -0.39 is 0 Å². The Morgan fingerprint density at radius 2 is 1.71 bits per heavy atom. The number of ether oxygens (including phenoxy) is 2. The molecule has 0 saturated carbocycles. The van der Waals surface area contributed by atoms with Crippen LogP contribution >= 0.6 is 24.0 Å². The number of guanidine groups is 1. The van der Waals surface area contributed by atoms with Gasteiger partial charge >= 0.3 is 0 Å². The Morgan fingerprint density at radius 3 is 2.39 bits per heavy atom. The van der Waals surface area contributed by atoms with Crippen LogP contribution in [0.25, 0.3) is 0 Å². The number of hydrogen-bond acceptors (Lipinski definition) is 3. The topological polar surface area (TPSA) is 46.1 Å². The van der Waals surface area contributed by atoms with Gasteiger partial charge in [-0.25, -0.2) is 0 Å². The van der Waals surface area contributed by atoms with Crippen LogP contribution in [-0.2, 0) is 4.74 Å². The van der Waals surface area contributed by atoms with E-state index in [4.69, 9.17) is 14.5 Å². The van der Waals surface area contributed by atoms with E-state index in [1.54, 1.807) is 0 Å². The van der Waals surface area contributed by atoms with Crippen molar-refractivity contribution >= 4 is 29.9 Å². The van der Waals surface area contributed by atoms with Crippen LogP contribution in [0.4, 0.5) is 0 Å². The molecule has 2 unspecified atom stereocenters. The van der Waals surface area contributed by atoms with E-state index in [2.05, 4.69) is 47.5 Å². The highest BCUT2D eigenvalue weighted by Gasteiger charge is 2.30. The summed E-state index contributed by atoms with van der Waals surface area (Å²) in [5.74, 6) is 2.42. The van der Waals surface area contributed by atoms with Crippen molar-refractivity contribution in [2.45, 2.75) is 38.4 Å². The minimum absolute atomic E-state index is 0. The standard InChI is InChI=1S/C25H33N3O2.HI/c1-2-26-25(27-19-21-15-18-29-24(21)20-9-5-3-6-10-20)28-16-13-23(14-17-28)30-22-11-7-4-8-12-22;/h3-12,21,23-24H,2,13-19H2,1H3,(H,26,27);1H. The van der Waals surface area contributed by atoms with Gasteiger partial charge in [0.15, 0.2) is 5.96 Å². The van der Waals surface area contributed by atoms with E-state index in [-0.39, 0.29) is 36.2 Å². The molecule has 2 aliphatic heterocycles. The average molecular weight is 535 g/mol. The summed E-state index contributed by atoms with van der Waals surface area (Å²) in [7, 11) is 0. The summed E-state index contributed by atoms with van der Waals surface area (Å²) < 4.78 is 12.2. The Kier molecular flexibility index (Phi) is 9.46. The minimum atomic E-state index is 0. The molecule has 2 saturated heterocycles. The molecule has 6 heteroatoms. The molecule has 2 aromatic carbocycles. The Bertz CT molecular complexity index is 795. The lowest BCUT2D eigenvalue weighted by Crippen LogP contribution is -2.47. The number of aliphatic imine (C=N–C) groups is 1. The highest BCUT2D eigenvalue weighted by atomic mass is 127. The Morgan fingerprint density at radius 1 is 1.03 bits per heavy atom. The van der Waals surface area contributed by atoms with E-state index in [1.807, 2.05) is 30.3 Å². The molecule has 2 aromatic rings. The molecule has 0 aliphatic carbocycles. The third-order valence-electron chi connectivity index (χ3n) is 5.94. The first-order valence-corrected chi connectivity index (χ1v) is 11.2. The second kappa shape index (κ2) is 12.3. The molecule has 0 amide bonds. The van der Waals surface area contributed by atoms with Crippen LogP contribution in [0.15, 0.2) is 65.7 Å². The lowest BCUT2D eigenvalue weighted by atomic mass is 9.95. The summed E-state index contributed by atoms with van der Waals surface area (Å²) in [6.45, 7) is 6.55. The monoisotopic (exact) mass is 535 g/mol. The van der Waals surface area contributed by atoms with Gasteiger partial charge in [-0.2, -0.15) is 0 Å². The Hall–Kier alpha value is -1.80. The van der Waals surface area contributed by atoms with Gasteiger partial charge in [0.05, 0.1) is 6.10 Å². The maximum Gasteiger partial charge on any atom is 0.193 e. The largest absolute Gasteiger partial charge is 0.490 e. The second-order valence-corrected chi connectivity index (χ2v) is 8.06. The van der Waals surface area contributed by atoms with E-state index in [0.29, 0.717) is 5.92 Å². The lowest BCUT2D eigenvalue weighted by Gasteiger charge is -2.34. The van der Waals surface area contributed by atoms with Crippen molar-refractivity contribution in [1.29, 1.82) is 0 Å². The fourth-order valence-electron chi connectivity index (χ4n) is 4.34. The van der Waals surface area contributed by atoms with Crippen molar-refractivity contribution < 1.29 is 9.47 Å². The molecule has 2 heterocycles. The van der Waals surface area contributed by atoms with Crippen LogP contribution in [0.2, 0.25) is 0 Å². The fraction of sp³-hybridized carbons (Fsp3) is 0.480. The van der Waals surface area contributed by atoms with Crippen molar-refractivity contribution in [2.24, 2.45) is 10.9 Å². The van der Waals surface area contributed by atoms with Crippen LogP contribution in [0.5, 0.6) is 5.75 Å². The van der Waals surface area contributed by atoms with Crippen molar-refractivity contribution in [3.05, 3.63) is 66.2 Å². The molecule has 2 fully saturated rings. The first kappa shape index (κ1) is 23.9. The molecule has 2 atom stereocenters. The number of para-hydroxylation sites is 1. The molecule has 4 rings (SSSR count). The Labute approximate surface area is 203 Å². The number of halogens is 1. The normalized spacial score (nSPS) is 22.1. The minimum Gasteiger partial charge on any atom is -0.490 e. The zero-order valence-corrected chi connectivity index (χ0v) is 20.6. The quantitative estimate of drug-likeness (QED) is 0.325. The van der Waals surface area contributed by atoms with E-state index in [0.717, 1.165) is 63.8 Å². The van der Waals surface area contributed by atoms with Crippen LogP contribution in [-0.4, -0.2) is 49.7 Å². The van der Waals surface area contributed by atoms with E-state index in [9.17, 15) is 0 Å². The lowest BCUT2D eigenvalue weighted by molar-refractivity contribution is 0.0924. The fourth-order valence-corrected chi connectivity index (χ4v) is 4.34. The molecule has 168 valence electrons. The van der Waals surface area contributed by atoms with Crippen LogP contribution in [0.1, 0.15) is 37.9 Å². The van der Waals surface area contributed by atoms with Crippen molar-refractivity contribution in [2.75, 3.05) is 32.8 Å². The predicted molar refractivity (Wildman–Crippen MR) is 136 cm³/mol. The van der Waals surface area contributed by atoms with Crippen LogP contribution < -0.4 is 10.1 Å². The first-order valence-electron chi connectivity index (χ1n) is 11.2. The number of nitrogens with one attached hydrogen (secondary N) is 1. The van der Waals surface area contributed by atoms with Gasteiger partial charge < -0.3 is 19.7 Å². The number of benzene rings is 2. The van der Waals surface area contributed by atoms with Crippen molar-refractivity contribution in [1.82, 2.24) is 10.2 Å². The van der Waals surface area contributed by atoms with E-state index >= 15 is 0 Å². The smallest absolute Gasteiger partial charge is 0.193 e. The van der Waals surface area contributed by atoms with Crippen molar-refractivity contribution in [3.8, 4) is 5.75 Å². The number of nitrogens with zero attached hydrogens (tertiary/aromatic N) is 2. The SMILES string of the molecule is CCNC(=NCC1CCOC1c1ccccc1)N1CCC(Oc2ccccc2)CC1.I. The van der Waals surface area contributed by atoms with Crippen LogP contribution in [0.3, 0.4) is 0 Å². The summed E-state index contributed by atoms with van der Waals surface area (Å²) in [4.78, 5) is 7.39. The molecule has 5 nitrogen and oxygen atoms in total. The van der Waals surface area contributed by atoms with Gasteiger partial charge in [-0.3, -0.25) is 4.99 Å². The third kappa shape index (κ3) is 6.59. The summed E-state index contributed by atoms with van der Waals surface area (Å²) in [6, 6.07) is 20.7. The van der Waals surface area contributed by atoms with Gasteiger partial charge in [0.2, 0.25) is 0 Å². The van der Waals surface area contributed by atoms with E-state index in [1.165, 1.54) is 5.56 Å². The molecular weight excluding hydrogens is 501 g/mol. The number of hydrogen-bond donors (Lipinski definition) is 1. The average Bonchev–Trinajstić information content (AvgIpc) is 3.27. The van der Waals surface area contributed by atoms with Gasteiger partial charge in [0, 0.05) is 51.5 Å². The van der Waals surface area contributed by atoms with Crippen molar-refractivity contribution in [3.63, 3.8) is 0 Å². The molecule has 0 radical (unpaired) electrons. The molecule has 2 aliphatic rings. The molecule has 0 bridgehead atoms. The van der Waals surface area contributed by atoms with Gasteiger partial charge in [0.25, 0.3) is 0 Å². The summed E-state index contributed by atoms with van der Waals surface area (Å²) >= 11 is 0. The number of rotatable bonds is 6. The van der Waals surface area contributed by atoms with Gasteiger partial charge in [-0.15, -0.1) is 24.0 Å².